The molecule has 0 fully saturated rings. The van der Waals surface area contributed by atoms with Crippen LogP contribution in [0.25, 0.3) is 0 Å². The smallest absolute Gasteiger partial charge is 0.292 e. The number of benzene rings is 1. The van der Waals surface area contributed by atoms with Crippen molar-refractivity contribution in [2.45, 2.75) is 65.8 Å². The highest BCUT2D eigenvalue weighted by molar-refractivity contribution is 6.31. The van der Waals surface area contributed by atoms with E-state index in [1.54, 1.807) is 48.2 Å². The molecule has 3 amide bonds. The summed E-state index contributed by atoms with van der Waals surface area (Å²) >= 11 is 6.24. The van der Waals surface area contributed by atoms with Crippen LogP contribution in [0, 0.1) is 11.8 Å². The molecule has 0 bridgehead atoms. The molecular formula is C30H43ClN4O5. The molecule has 0 N–H and O–H groups in total. The molecular weight excluding hydrogens is 532 g/mol. The Morgan fingerprint density at radius 1 is 1.02 bits per heavy atom. The molecule has 0 aliphatic carbocycles. The van der Waals surface area contributed by atoms with Crippen LogP contribution in [-0.4, -0.2) is 84.0 Å². The van der Waals surface area contributed by atoms with Crippen LogP contribution in [-0.2, 0) is 11.2 Å². The zero-order valence-corrected chi connectivity index (χ0v) is 25.4. The molecule has 1 aliphatic heterocycles. The Morgan fingerprint density at radius 3 is 2.38 bits per heavy atom. The number of rotatable bonds is 4. The monoisotopic (exact) mass is 574 g/mol. The van der Waals surface area contributed by atoms with Crippen LogP contribution < -0.4 is 4.74 Å². The topological polar surface area (TPSA) is 96.2 Å². The molecule has 9 nitrogen and oxygen atoms in total. The summed E-state index contributed by atoms with van der Waals surface area (Å²) in [5.74, 6) is 0.336. The van der Waals surface area contributed by atoms with Crippen molar-refractivity contribution < 1.29 is 23.6 Å². The molecule has 10 heteroatoms. The van der Waals surface area contributed by atoms with E-state index in [-0.39, 0.29) is 29.4 Å². The lowest BCUT2D eigenvalue weighted by Crippen LogP contribution is -2.51. The number of likely N-dealkylation sites (N-methyl/N-ethyl adjacent to an activating group) is 2. The minimum absolute atomic E-state index is 0.106. The minimum Gasteiger partial charge on any atom is -0.493 e. The maximum atomic E-state index is 13.6. The Hall–Kier alpha value is -3.07. The van der Waals surface area contributed by atoms with Crippen LogP contribution in [0.4, 0.5) is 0 Å². The standard InChI is InChI=1S/C30H43ClN4O5/c1-20(2)17-23-19-26(40-32-23)29(37)35-14-8-7-13-33(5)30(38)27(21(3)4)34(6)28(36)24-18-22(31)11-12-25(24)39-16-10-9-15-35/h11-12,18-21,27H,7-10,13-17H2,1-6H3/t27-/m0/s1. The molecule has 220 valence electrons. The molecule has 0 saturated heterocycles. The van der Waals surface area contributed by atoms with Gasteiger partial charge in [-0.15, -0.1) is 0 Å². The number of carbonyl (C=O) groups is 3. The fraction of sp³-hybridized carbons (Fsp3) is 0.600. The molecule has 2 heterocycles. The van der Waals surface area contributed by atoms with Crippen LogP contribution in [0.5, 0.6) is 5.75 Å². The molecule has 0 saturated carbocycles. The fourth-order valence-corrected chi connectivity index (χ4v) is 5.15. The third-order valence-corrected chi connectivity index (χ3v) is 7.33. The van der Waals surface area contributed by atoms with E-state index < -0.39 is 6.04 Å². The molecule has 2 aromatic rings. The second kappa shape index (κ2) is 14.5. The van der Waals surface area contributed by atoms with Gasteiger partial charge >= 0.3 is 0 Å². The molecule has 1 aromatic carbocycles. The SMILES string of the molecule is CC(C)Cc1cc(C(=O)N2CCCCOc3ccc(Cl)cc3C(=O)N(C)[C@@H](C(C)C)C(=O)N(C)CCCC2)on1. The van der Waals surface area contributed by atoms with E-state index in [9.17, 15) is 14.4 Å². The molecule has 1 atom stereocenters. The average molecular weight is 575 g/mol. The summed E-state index contributed by atoms with van der Waals surface area (Å²) < 4.78 is 11.4. The van der Waals surface area contributed by atoms with Gasteiger partial charge in [-0.1, -0.05) is 44.5 Å². The molecule has 1 aromatic heterocycles. The average Bonchev–Trinajstić information content (AvgIpc) is 3.36. The Morgan fingerprint density at radius 2 is 1.70 bits per heavy atom. The fourth-order valence-electron chi connectivity index (χ4n) is 4.98. The summed E-state index contributed by atoms with van der Waals surface area (Å²) in [6, 6.07) is 6.04. The number of nitrogens with zero attached hydrogens (tertiary/aromatic N) is 4. The largest absolute Gasteiger partial charge is 0.493 e. The van der Waals surface area contributed by atoms with E-state index in [2.05, 4.69) is 19.0 Å². The quantitative estimate of drug-likeness (QED) is 0.499. The normalized spacial score (nSPS) is 18.6. The summed E-state index contributed by atoms with van der Waals surface area (Å²) in [7, 11) is 3.41. The van der Waals surface area contributed by atoms with E-state index in [1.165, 1.54) is 4.90 Å². The Bertz CT molecular complexity index is 1160. The van der Waals surface area contributed by atoms with Gasteiger partial charge in [-0.25, -0.2) is 0 Å². The molecule has 1 aliphatic rings. The number of halogens is 1. The van der Waals surface area contributed by atoms with Crippen molar-refractivity contribution in [2.75, 3.05) is 40.3 Å². The summed E-state index contributed by atoms with van der Waals surface area (Å²) in [5.41, 5.74) is 1.09. The van der Waals surface area contributed by atoms with Gasteiger partial charge in [0, 0.05) is 44.8 Å². The number of amides is 3. The number of hydrogen-bond donors (Lipinski definition) is 0. The van der Waals surface area contributed by atoms with Crippen molar-refractivity contribution in [3.05, 3.63) is 46.3 Å². The first-order chi connectivity index (χ1) is 19.0. The van der Waals surface area contributed by atoms with Crippen molar-refractivity contribution >= 4 is 29.3 Å². The van der Waals surface area contributed by atoms with Gasteiger partial charge < -0.3 is 24.0 Å². The van der Waals surface area contributed by atoms with E-state index in [0.717, 1.165) is 18.5 Å². The van der Waals surface area contributed by atoms with E-state index in [0.29, 0.717) is 67.8 Å². The zero-order chi connectivity index (χ0) is 29.4. The number of carbonyl (C=O) groups excluding carboxylic acids is 3. The predicted molar refractivity (Wildman–Crippen MR) is 155 cm³/mol. The van der Waals surface area contributed by atoms with Crippen LogP contribution in [0.2, 0.25) is 5.02 Å². The lowest BCUT2D eigenvalue weighted by Gasteiger charge is -2.33. The molecule has 3 rings (SSSR count). The maximum absolute atomic E-state index is 13.6. The van der Waals surface area contributed by atoms with Crippen molar-refractivity contribution in [3.8, 4) is 5.75 Å². The third kappa shape index (κ3) is 8.22. The molecule has 0 radical (unpaired) electrons. The maximum Gasteiger partial charge on any atom is 0.292 e. The van der Waals surface area contributed by atoms with E-state index in [4.69, 9.17) is 20.9 Å². The second-order valence-corrected chi connectivity index (χ2v) is 11.8. The lowest BCUT2D eigenvalue weighted by atomic mass is 10.00. The van der Waals surface area contributed by atoms with Crippen LogP contribution >= 0.6 is 11.6 Å². The van der Waals surface area contributed by atoms with Crippen molar-refractivity contribution in [1.29, 1.82) is 0 Å². The number of aromatic nitrogens is 1. The van der Waals surface area contributed by atoms with Gasteiger partial charge in [-0.2, -0.15) is 0 Å². The van der Waals surface area contributed by atoms with Crippen molar-refractivity contribution in [1.82, 2.24) is 19.9 Å². The lowest BCUT2D eigenvalue weighted by molar-refractivity contribution is -0.136. The van der Waals surface area contributed by atoms with E-state index in [1.807, 2.05) is 13.8 Å². The molecule has 0 unspecified atom stereocenters. The number of ether oxygens (including phenoxy) is 1. The Kier molecular flexibility index (Phi) is 11.4. The van der Waals surface area contributed by atoms with Crippen LogP contribution in [0.15, 0.2) is 28.8 Å². The first kappa shape index (κ1) is 31.5. The van der Waals surface area contributed by atoms with Gasteiger partial charge in [0.25, 0.3) is 11.8 Å². The van der Waals surface area contributed by atoms with Gasteiger partial charge in [0.15, 0.2) is 0 Å². The van der Waals surface area contributed by atoms with Gasteiger partial charge in [-0.3, -0.25) is 14.4 Å². The van der Waals surface area contributed by atoms with Gasteiger partial charge in [0.1, 0.15) is 11.8 Å². The highest BCUT2D eigenvalue weighted by Crippen LogP contribution is 2.26. The highest BCUT2D eigenvalue weighted by Gasteiger charge is 2.33. The zero-order valence-electron chi connectivity index (χ0n) is 24.6. The highest BCUT2D eigenvalue weighted by atomic mass is 35.5. The predicted octanol–water partition coefficient (Wildman–Crippen LogP) is 5.18. The van der Waals surface area contributed by atoms with Gasteiger partial charge in [-0.05, 0) is 62.1 Å². The van der Waals surface area contributed by atoms with E-state index >= 15 is 0 Å². The second-order valence-electron chi connectivity index (χ2n) is 11.3. The minimum atomic E-state index is -0.649. The van der Waals surface area contributed by atoms with Gasteiger partial charge in [0.2, 0.25) is 11.7 Å². The molecule has 40 heavy (non-hydrogen) atoms. The third-order valence-electron chi connectivity index (χ3n) is 7.10. The summed E-state index contributed by atoms with van der Waals surface area (Å²) in [5, 5.41) is 4.49. The Labute approximate surface area is 242 Å². The van der Waals surface area contributed by atoms with Crippen LogP contribution in [0.3, 0.4) is 0 Å². The Balaban J connectivity index is 1.83. The van der Waals surface area contributed by atoms with Crippen LogP contribution in [0.1, 0.15) is 80.0 Å². The van der Waals surface area contributed by atoms with Crippen molar-refractivity contribution in [3.63, 3.8) is 0 Å². The first-order valence-corrected chi connectivity index (χ1v) is 14.6. The summed E-state index contributed by atoms with van der Waals surface area (Å²) in [4.78, 5) is 45.4. The summed E-state index contributed by atoms with van der Waals surface area (Å²) in [6.07, 6.45) is 3.57. The number of hydrogen-bond acceptors (Lipinski definition) is 6. The van der Waals surface area contributed by atoms with Crippen molar-refractivity contribution in [2.24, 2.45) is 11.8 Å². The first-order valence-electron chi connectivity index (χ1n) is 14.2. The molecule has 0 spiro atoms. The van der Waals surface area contributed by atoms with Gasteiger partial charge in [0.05, 0.1) is 17.9 Å². The number of fused-ring (bicyclic) bond motifs is 1. The summed E-state index contributed by atoms with van der Waals surface area (Å²) in [6.45, 7) is 9.99.